The third kappa shape index (κ3) is 2.85. The molecule has 2 aromatic carbocycles. The number of nitrogens with zero attached hydrogens (tertiary/aromatic N) is 1. The number of aromatic amines is 1. The van der Waals surface area contributed by atoms with Crippen LogP contribution >= 0.6 is 0 Å². The molecular weight excluding hydrogens is 348 g/mol. The maximum Gasteiger partial charge on any atom is 0.256 e. The van der Waals surface area contributed by atoms with Gasteiger partial charge in [0.15, 0.2) is 0 Å². The van der Waals surface area contributed by atoms with Crippen LogP contribution in [0.3, 0.4) is 0 Å². The average Bonchev–Trinajstić information content (AvgIpc) is 2.74. The minimum Gasteiger partial charge on any atom is -0.496 e. The van der Waals surface area contributed by atoms with Crippen LogP contribution in [0.1, 0.15) is 37.3 Å². The molecule has 4 aromatic rings. The molecule has 0 radical (unpaired) electrons. The second-order valence-corrected chi connectivity index (χ2v) is 7.33. The highest BCUT2D eigenvalue weighted by atomic mass is 16.5. The maximum atomic E-state index is 12.6. The molecule has 4 rings (SSSR count). The number of hydrogen-bond donors (Lipinski definition) is 1. The second kappa shape index (κ2) is 7.12. The highest BCUT2D eigenvalue weighted by molar-refractivity contribution is 6.14. The van der Waals surface area contributed by atoms with Crippen molar-refractivity contribution in [3.8, 4) is 16.9 Å². The number of fused-ring (bicyclic) bond motifs is 3. The summed E-state index contributed by atoms with van der Waals surface area (Å²) in [5, 5.41) is 2.44. The van der Waals surface area contributed by atoms with Gasteiger partial charge in [0.2, 0.25) is 0 Å². The van der Waals surface area contributed by atoms with Crippen molar-refractivity contribution < 1.29 is 4.74 Å². The van der Waals surface area contributed by atoms with E-state index in [9.17, 15) is 4.79 Å². The summed E-state index contributed by atoms with van der Waals surface area (Å²) in [7, 11) is 1.68. The van der Waals surface area contributed by atoms with Gasteiger partial charge in [-0.3, -0.25) is 9.78 Å². The summed E-state index contributed by atoms with van der Waals surface area (Å²) < 4.78 is 5.75. The third-order valence-electron chi connectivity index (χ3n) is 5.66. The van der Waals surface area contributed by atoms with E-state index in [0.29, 0.717) is 11.3 Å². The van der Waals surface area contributed by atoms with E-state index in [-0.39, 0.29) is 5.56 Å². The predicted octanol–water partition coefficient (Wildman–Crippen LogP) is 5.57. The largest absolute Gasteiger partial charge is 0.496 e. The molecule has 142 valence electrons. The average molecular weight is 372 g/mol. The van der Waals surface area contributed by atoms with Crippen molar-refractivity contribution in [2.24, 2.45) is 0 Å². The maximum absolute atomic E-state index is 12.6. The van der Waals surface area contributed by atoms with Gasteiger partial charge in [-0.15, -0.1) is 0 Å². The van der Waals surface area contributed by atoms with Crippen LogP contribution in [-0.2, 0) is 0 Å². The van der Waals surface area contributed by atoms with Crippen molar-refractivity contribution in [2.75, 3.05) is 7.11 Å². The zero-order valence-corrected chi connectivity index (χ0v) is 16.7. The molecule has 1 N–H and O–H groups in total. The Labute approximate surface area is 164 Å². The van der Waals surface area contributed by atoms with Gasteiger partial charge in [0, 0.05) is 28.7 Å². The van der Waals surface area contributed by atoms with Gasteiger partial charge >= 0.3 is 0 Å². The standard InChI is InChI=1S/C24H24N2O2/c1-5-14(2)16-6-8-17(9-7-16)21-20(28-4)12-15(3)23-22(21)19-13-25-11-10-18(19)24(27)26-23/h6-14H,5H2,1-4H3,(H,26,27). The lowest BCUT2D eigenvalue weighted by Gasteiger charge is -2.17. The zero-order valence-electron chi connectivity index (χ0n) is 16.7. The number of hydrogen-bond acceptors (Lipinski definition) is 3. The Bertz CT molecular complexity index is 1220. The molecular formula is C24H24N2O2. The highest BCUT2D eigenvalue weighted by Gasteiger charge is 2.18. The Balaban J connectivity index is 2.11. The van der Waals surface area contributed by atoms with E-state index in [1.807, 2.05) is 13.0 Å². The predicted molar refractivity (Wildman–Crippen MR) is 115 cm³/mol. The minimum atomic E-state index is -0.101. The normalized spacial score (nSPS) is 12.4. The van der Waals surface area contributed by atoms with Gasteiger partial charge in [-0.2, -0.15) is 0 Å². The van der Waals surface area contributed by atoms with Crippen LogP contribution in [0, 0.1) is 6.92 Å². The molecule has 4 heteroatoms. The highest BCUT2D eigenvalue weighted by Crippen LogP contribution is 2.41. The summed E-state index contributed by atoms with van der Waals surface area (Å²) in [5.41, 5.74) is 5.05. The molecule has 2 heterocycles. The van der Waals surface area contributed by atoms with E-state index < -0.39 is 0 Å². The van der Waals surface area contributed by atoms with E-state index in [2.05, 4.69) is 48.1 Å². The first-order valence-corrected chi connectivity index (χ1v) is 9.62. The zero-order chi connectivity index (χ0) is 19.8. The van der Waals surface area contributed by atoms with Gasteiger partial charge in [-0.05, 0) is 48.1 Å². The van der Waals surface area contributed by atoms with Crippen molar-refractivity contribution >= 4 is 21.7 Å². The first kappa shape index (κ1) is 18.2. The van der Waals surface area contributed by atoms with E-state index in [1.54, 1.807) is 25.6 Å². The summed E-state index contributed by atoms with van der Waals surface area (Å²) in [6.07, 6.45) is 4.52. The van der Waals surface area contributed by atoms with Crippen molar-refractivity contribution in [3.05, 3.63) is 70.3 Å². The number of pyridine rings is 2. The van der Waals surface area contributed by atoms with Crippen LogP contribution in [0.4, 0.5) is 0 Å². The summed E-state index contributed by atoms with van der Waals surface area (Å²) in [6.45, 7) is 6.42. The molecule has 1 unspecified atom stereocenters. The number of aromatic nitrogens is 2. The van der Waals surface area contributed by atoms with Gasteiger partial charge in [-0.25, -0.2) is 0 Å². The van der Waals surface area contributed by atoms with Gasteiger partial charge in [0.1, 0.15) is 5.75 Å². The fraction of sp³-hybridized carbons (Fsp3) is 0.250. The van der Waals surface area contributed by atoms with Crippen molar-refractivity contribution in [1.29, 1.82) is 0 Å². The van der Waals surface area contributed by atoms with E-state index in [0.717, 1.165) is 45.1 Å². The van der Waals surface area contributed by atoms with Gasteiger partial charge in [0.05, 0.1) is 18.0 Å². The molecule has 0 bridgehead atoms. The number of H-pyrrole nitrogens is 1. The number of nitrogens with one attached hydrogen (secondary N) is 1. The Kier molecular flexibility index (Phi) is 4.63. The first-order chi connectivity index (χ1) is 13.5. The Morgan fingerprint density at radius 2 is 1.89 bits per heavy atom. The quantitative estimate of drug-likeness (QED) is 0.476. The molecule has 0 spiro atoms. The number of benzene rings is 2. The van der Waals surface area contributed by atoms with Crippen LogP contribution in [0.15, 0.2) is 53.6 Å². The Hall–Kier alpha value is -3.14. The van der Waals surface area contributed by atoms with Gasteiger partial charge in [0.25, 0.3) is 5.56 Å². The Morgan fingerprint density at radius 1 is 1.14 bits per heavy atom. The van der Waals surface area contributed by atoms with Gasteiger partial charge in [-0.1, -0.05) is 38.1 Å². The Morgan fingerprint density at radius 3 is 2.57 bits per heavy atom. The molecule has 28 heavy (non-hydrogen) atoms. The molecule has 0 fully saturated rings. The molecule has 0 amide bonds. The lowest BCUT2D eigenvalue weighted by Crippen LogP contribution is -2.08. The molecule has 2 aromatic heterocycles. The molecule has 0 aliphatic heterocycles. The monoisotopic (exact) mass is 372 g/mol. The number of ether oxygens (including phenoxy) is 1. The molecule has 4 nitrogen and oxygen atoms in total. The lowest BCUT2D eigenvalue weighted by atomic mass is 9.92. The summed E-state index contributed by atoms with van der Waals surface area (Å²) in [4.78, 5) is 19.9. The third-order valence-corrected chi connectivity index (χ3v) is 5.66. The molecule has 0 aliphatic carbocycles. The fourth-order valence-electron chi connectivity index (χ4n) is 3.85. The lowest BCUT2D eigenvalue weighted by molar-refractivity contribution is 0.416. The number of aryl methyl sites for hydroxylation is 1. The van der Waals surface area contributed by atoms with Crippen molar-refractivity contribution in [2.45, 2.75) is 33.1 Å². The van der Waals surface area contributed by atoms with E-state index in [1.165, 1.54) is 5.56 Å². The van der Waals surface area contributed by atoms with Crippen LogP contribution < -0.4 is 10.3 Å². The van der Waals surface area contributed by atoms with Crippen LogP contribution in [0.5, 0.6) is 5.75 Å². The number of methoxy groups -OCH3 is 1. The molecule has 0 aliphatic rings. The molecule has 1 atom stereocenters. The van der Waals surface area contributed by atoms with Crippen molar-refractivity contribution in [3.63, 3.8) is 0 Å². The van der Waals surface area contributed by atoms with E-state index >= 15 is 0 Å². The molecule has 0 saturated carbocycles. The van der Waals surface area contributed by atoms with Gasteiger partial charge < -0.3 is 9.72 Å². The second-order valence-electron chi connectivity index (χ2n) is 7.33. The smallest absolute Gasteiger partial charge is 0.256 e. The fourth-order valence-corrected chi connectivity index (χ4v) is 3.85. The SMILES string of the molecule is CCC(C)c1ccc(-c2c(OC)cc(C)c3[nH]c(=O)c4ccncc4c23)cc1. The van der Waals surface area contributed by atoms with Crippen LogP contribution in [-0.4, -0.2) is 17.1 Å². The van der Waals surface area contributed by atoms with Crippen LogP contribution in [0.2, 0.25) is 0 Å². The summed E-state index contributed by atoms with van der Waals surface area (Å²) in [6, 6.07) is 12.4. The van der Waals surface area contributed by atoms with Crippen LogP contribution in [0.25, 0.3) is 32.8 Å². The first-order valence-electron chi connectivity index (χ1n) is 9.62. The summed E-state index contributed by atoms with van der Waals surface area (Å²) in [5.74, 6) is 1.31. The number of rotatable bonds is 4. The minimum absolute atomic E-state index is 0.101. The van der Waals surface area contributed by atoms with E-state index in [4.69, 9.17) is 4.74 Å². The van der Waals surface area contributed by atoms with Crippen molar-refractivity contribution in [1.82, 2.24) is 9.97 Å². The topological polar surface area (TPSA) is 55.0 Å². The molecule has 0 saturated heterocycles. The summed E-state index contributed by atoms with van der Waals surface area (Å²) >= 11 is 0.